The van der Waals surface area contributed by atoms with Gasteiger partial charge in [0.25, 0.3) is 5.91 Å². The number of allylic oxidation sites excluding steroid dienone is 1. The lowest BCUT2D eigenvalue weighted by molar-refractivity contribution is -0.144. The summed E-state index contributed by atoms with van der Waals surface area (Å²) in [7, 11) is -2.40. The predicted molar refractivity (Wildman–Crippen MR) is 190 cm³/mol. The van der Waals surface area contributed by atoms with Crippen molar-refractivity contribution in [3.63, 3.8) is 0 Å². The standard InChI is InChI=1S/C37H44F3N5O9S/c1-3-16-53-34(49)42-27-10-8-6-4-5-7-9-22-19-36(22,33(48)45-15-17-55(45,50)51)43-31(46)28-20-35(21-44(28)32(27)47)14-13-24-25-18-23(52-2)11-12-26(25)41-30(29(24)54-35)37(38,39)40/h7,9,11-12,18,22,27-28H,3-6,8,10,13-17,19-21H2,1-2H3,(H,42,49)(H,43,46). The van der Waals surface area contributed by atoms with Crippen LogP contribution in [-0.2, 0) is 41.7 Å². The summed E-state index contributed by atoms with van der Waals surface area (Å²) in [6.45, 7) is 1.57. The van der Waals surface area contributed by atoms with E-state index in [0.29, 0.717) is 36.8 Å². The molecule has 5 aliphatic rings. The maximum absolute atomic E-state index is 14.7. The van der Waals surface area contributed by atoms with Crippen LogP contribution in [0.1, 0.15) is 76.0 Å². The van der Waals surface area contributed by atoms with Gasteiger partial charge in [0.05, 0.1) is 38.1 Å². The Morgan fingerprint density at radius 3 is 2.65 bits per heavy atom. The summed E-state index contributed by atoms with van der Waals surface area (Å²) in [6.07, 6.45) is 1.27. The average molecular weight is 792 g/mol. The van der Waals surface area contributed by atoms with E-state index >= 15 is 0 Å². The van der Waals surface area contributed by atoms with E-state index < -0.39 is 80.6 Å². The summed E-state index contributed by atoms with van der Waals surface area (Å²) in [5.41, 5.74) is -3.99. The van der Waals surface area contributed by atoms with Crippen molar-refractivity contribution in [2.24, 2.45) is 5.92 Å². The number of halogens is 3. The van der Waals surface area contributed by atoms with Crippen LogP contribution in [0.3, 0.4) is 0 Å². The molecule has 18 heteroatoms. The topological polar surface area (TPSA) is 174 Å². The Balaban J connectivity index is 1.28. The Bertz CT molecular complexity index is 2050. The number of rotatable bonds is 5. The third-order valence-electron chi connectivity index (χ3n) is 11.3. The third-order valence-corrected chi connectivity index (χ3v) is 13.0. The number of benzene rings is 1. The highest BCUT2D eigenvalue weighted by Crippen LogP contribution is 2.50. The highest BCUT2D eigenvalue weighted by atomic mass is 32.2. The summed E-state index contributed by atoms with van der Waals surface area (Å²) in [4.78, 5) is 60.9. The molecule has 298 valence electrons. The van der Waals surface area contributed by atoms with E-state index in [1.165, 1.54) is 24.1 Å². The van der Waals surface area contributed by atoms with Crippen LogP contribution in [0.4, 0.5) is 18.0 Å². The van der Waals surface area contributed by atoms with Crippen molar-refractivity contribution >= 4 is 44.7 Å². The molecular weight excluding hydrogens is 747 g/mol. The van der Waals surface area contributed by atoms with Gasteiger partial charge in [0.1, 0.15) is 29.0 Å². The summed E-state index contributed by atoms with van der Waals surface area (Å²) in [5, 5.41) is 5.84. The van der Waals surface area contributed by atoms with E-state index in [1.807, 2.05) is 13.0 Å². The molecule has 1 spiro atoms. The average Bonchev–Trinajstić information content (AvgIpc) is 3.72. The minimum absolute atomic E-state index is 0.0305. The van der Waals surface area contributed by atoms with Gasteiger partial charge in [-0.15, -0.1) is 0 Å². The predicted octanol–water partition coefficient (Wildman–Crippen LogP) is 4.00. The van der Waals surface area contributed by atoms with Crippen molar-refractivity contribution < 1.29 is 55.0 Å². The lowest BCUT2D eigenvalue weighted by Gasteiger charge is -2.37. The zero-order chi connectivity index (χ0) is 39.3. The van der Waals surface area contributed by atoms with E-state index in [9.17, 15) is 40.8 Å². The highest BCUT2D eigenvalue weighted by Gasteiger charge is 2.65. The second-order valence-corrected chi connectivity index (χ2v) is 17.0. The molecule has 1 aromatic heterocycles. The SMILES string of the molecule is CCCOC(=O)NC1CCCCCC=CC2CC2(C(=O)N2CCS2(=O)=O)NC(=O)C2CC3(CCc4c(c(C(F)(F)F)nc5ccc(OC)cc45)O3)CN2C1=O. The number of amides is 4. The molecule has 0 bridgehead atoms. The fraction of sp³-hybridized carbons (Fsp3) is 0.595. The Morgan fingerprint density at radius 1 is 1.16 bits per heavy atom. The number of pyridine rings is 1. The summed E-state index contributed by atoms with van der Waals surface area (Å²) in [5.74, 6) is -3.05. The molecule has 1 aromatic carbocycles. The van der Waals surface area contributed by atoms with Gasteiger partial charge in [0.2, 0.25) is 21.8 Å². The molecule has 5 atom stereocenters. The van der Waals surface area contributed by atoms with E-state index in [-0.39, 0.29) is 68.6 Å². The smallest absolute Gasteiger partial charge is 0.437 e. The molecule has 7 rings (SSSR count). The molecule has 0 radical (unpaired) electrons. The maximum Gasteiger partial charge on any atom is 0.437 e. The number of sulfonamides is 1. The molecule has 2 saturated heterocycles. The number of aromatic nitrogens is 1. The zero-order valence-electron chi connectivity index (χ0n) is 30.6. The number of carbonyl (C=O) groups is 4. The number of methoxy groups -OCH3 is 1. The van der Waals surface area contributed by atoms with Gasteiger partial charge in [0, 0.05) is 23.3 Å². The second kappa shape index (κ2) is 14.5. The van der Waals surface area contributed by atoms with Gasteiger partial charge in [0.15, 0.2) is 11.4 Å². The number of nitrogens with one attached hydrogen (secondary N) is 2. The van der Waals surface area contributed by atoms with Crippen LogP contribution in [0.15, 0.2) is 30.4 Å². The van der Waals surface area contributed by atoms with Gasteiger partial charge in [-0.1, -0.05) is 31.9 Å². The number of ether oxygens (including phenoxy) is 3. The van der Waals surface area contributed by atoms with E-state index in [1.54, 1.807) is 12.1 Å². The van der Waals surface area contributed by atoms with Crippen LogP contribution in [0.25, 0.3) is 10.9 Å². The summed E-state index contributed by atoms with van der Waals surface area (Å²) >= 11 is 0. The first kappa shape index (κ1) is 38.7. The molecule has 55 heavy (non-hydrogen) atoms. The first-order valence-electron chi connectivity index (χ1n) is 18.7. The van der Waals surface area contributed by atoms with Crippen molar-refractivity contribution in [3.05, 3.63) is 41.6 Å². The highest BCUT2D eigenvalue weighted by molar-refractivity contribution is 7.90. The molecule has 2 N–H and O–H groups in total. The molecule has 4 amide bonds. The largest absolute Gasteiger partial charge is 0.497 e. The number of hydrogen-bond donors (Lipinski definition) is 2. The number of alkyl halides is 3. The number of hydrogen-bond acceptors (Lipinski definition) is 10. The van der Waals surface area contributed by atoms with Crippen molar-refractivity contribution in [1.82, 2.24) is 24.8 Å². The monoisotopic (exact) mass is 791 g/mol. The van der Waals surface area contributed by atoms with Crippen LogP contribution in [-0.4, -0.2) is 102 Å². The minimum atomic E-state index is -4.92. The van der Waals surface area contributed by atoms with Crippen molar-refractivity contribution in [2.75, 3.05) is 32.6 Å². The summed E-state index contributed by atoms with van der Waals surface area (Å²) < 4.78 is 86.7. The molecule has 14 nitrogen and oxygen atoms in total. The molecule has 5 heterocycles. The van der Waals surface area contributed by atoms with Gasteiger partial charge in [-0.2, -0.15) is 13.2 Å². The molecule has 1 saturated carbocycles. The first-order chi connectivity index (χ1) is 26.1. The minimum Gasteiger partial charge on any atom is -0.497 e. The maximum atomic E-state index is 14.7. The van der Waals surface area contributed by atoms with Gasteiger partial charge < -0.3 is 29.7 Å². The fourth-order valence-electron chi connectivity index (χ4n) is 8.19. The number of fused-ring (bicyclic) bond motifs is 5. The molecule has 4 aliphatic heterocycles. The van der Waals surface area contributed by atoms with Gasteiger partial charge in [-0.25, -0.2) is 22.5 Å². The van der Waals surface area contributed by atoms with E-state index in [2.05, 4.69) is 15.6 Å². The van der Waals surface area contributed by atoms with Crippen LogP contribution >= 0.6 is 0 Å². The normalized spacial score (nSPS) is 29.1. The van der Waals surface area contributed by atoms with E-state index in [4.69, 9.17) is 14.2 Å². The van der Waals surface area contributed by atoms with Gasteiger partial charge in [-0.3, -0.25) is 14.4 Å². The van der Waals surface area contributed by atoms with Crippen LogP contribution in [0, 0.1) is 5.92 Å². The quantitative estimate of drug-likeness (QED) is 0.422. The Hall–Kier alpha value is -4.61. The third kappa shape index (κ3) is 7.29. The molecule has 2 aromatic rings. The van der Waals surface area contributed by atoms with Crippen molar-refractivity contribution in [1.29, 1.82) is 0 Å². The Morgan fingerprint density at radius 2 is 1.96 bits per heavy atom. The Labute approximate surface area is 316 Å². The number of aryl methyl sites for hydroxylation is 1. The van der Waals surface area contributed by atoms with Gasteiger partial charge >= 0.3 is 12.3 Å². The zero-order valence-corrected chi connectivity index (χ0v) is 31.4. The number of carbonyl (C=O) groups excluding carboxylic acids is 4. The first-order valence-corrected chi connectivity index (χ1v) is 20.3. The summed E-state index contributed by atoms with van der Waals surface area (Å²) in [6, 6.07) is 2.02. The van der Waals surface area contributed by atoms with Gasteiger partial charge in [-0.05, 0) is 63.1 Å². The molecule has 5 unspecified atom stereocenters. The second-order valence-electron chi connectivity index (χ2n) is 15.0. The van der Waals surface area contributed by atoms with Crippen LogP contribution < -0.4 is 20.1 Å². The molecular formula is C37H44F3N5O9S. The lowest BCUT2D eigenvalue weighted by atomic mass is 9.87. The number of alkyl carbamates (subject to hydrolysis) is 1. The van der Waals surface area contributed by atoms with E-state index in [0.717, 1.165) is 10.7 Å². The lowest BCUT2D eigenvalue weighted by Crippen LogP contribution is -2.62. The number of nitrogens with zero attached hydrogens (tertiary/aromatic N) is 3. The Kier molecular flexibility index (Phi) is 10.2. The molecule has 3 fully saturated rings. The fourth-order valence-corrected chi connectivity index (χ4v) is 9.27. The van der Waals surface area contributed by atoms with Crippen LogP contribution in [0.5, 0.6) is 11.5 Å². The van der Waals surface area contributed by atoms with Crippen molar-refractivity contribution in [2.45, 2.75) is 101 Å². The molecule has 1 aliphatic carbocycles. The van der Waals surface area contributed by atoms with Crippen LogP contribution in [0.2, 0.25) is 0 Å². The van der Waals surface area contributed by atoms with Crippen molar-refractivity contribution in [3.8, 4) is 11.5 Å².